The molecule has 106 valence electrons. The molecule has 0 aliphatic heterocycles. The van der Waals surface area contributed by atoms with Crippen LogP contribution in [0.15, 0.2) is 18.5 Å². The van der Waals surface area contributed by atoms with Gasteiger partial charge in [-0.15, -0.1) is 0 Å². The van der Waals surface area contributed by atoms with Crippen LogP contribution in [0.2, 0.25) is 0 Å². The van der Waals surface area contributed by atoms with Crippen LogP contribution in [0.4, 0.5) is 5.69 Å². The van der Waals surface area contributed by atoms with Crippen molar-refractivity contribution in [3.05, 3.63) is 24.0 Å². The maximum absolute atomic E-state index is 12.2. The summed E-state index contributed by atoms with van der Waals surface area (Å²) in [6.07, 6.45) is 6.45. The summed E-state index contributed by atoms with van der Waals surface area (Å²) in [5, 5.41) is 6.21. The molecule has 1 atom stereocenters. The topological polar surface area (TPSA) is 54.0 Å². The van der Waals surface area contributed by atoms with E-state index < -0.39 is 0 Å². The standard InChI is InChI=1S/C14H23N3OS/c1-4-6-16-13-9-15-7-5-12(13)14(18)17-8-11(2)10-19-3/h5,7,9,11,16H,4,6,8,10H2,1-3H3,(H,17,18). The molecule has 1 aromatic rings. The van der Waals surface area contributed by atoms with Crippen molar-refractivity contribution in [2.24, 2.45) is 5.92 Å². The molecular formula is C14H23N3OS. The summed E-state index contributed by atoms with van der Waals surface area (Å²) in [5.41, 5.74) is 1.47. The number of nitrogens with zero attached hydrogens (tertiary/aromatic N) is 1. The van der Waals surface area contributed by atoms with Crippen molar-refractivity contribution in [2.75, 3.05) is 30.4 Å². The highest BCUT2D eigenvalue weighted by Gasteiger charge is 2.11. The Morgan fingerprint density at radius 1 is 1.53 bits per heavy atom. The zero-order chi connectivity index (χ0) is 14.1. The van der Waals surface area contributed by atoms with E-state index in [4.69, 9.17) is 0 Å². The molecular weight excluding hydrogens is 258 g/mol. The molecule has 0 aromatic carbocycles. The number of rotatable bonds is 8. The average Bonchev–Trinajstić information content (AvgIpc) is 2.43. The average molecular weight is 281 g/mol. The Balaban J connectivity index is 2.60. The third kappa shape index (κ3) is 5.51. The molecule has 5 heteroatoms. The minimum Gasteiger partial charge on any atom is -0.383 e. The first kappa shape index (κ1) is 15.8. The van der Waals surface area contributed by atoms with Gasteiger partial charge in [-0.1, -0.05) is 13.8 Å². The number of hydrogen-bond donors (Lipinski definition) is 2. The molecule has 2 N–H and O–H groups in total. The molecule has 1 unspecified atom stereocenters. The number of carbonyl (C=O) groups excluding carboxylic acids is 1. The van der Waals surface area contributed by atoms with Crippen LogP contribution < -0.4 is 10.6 Å². The van der Waals surface area contributed by atoms with Crippen LogP contribution in [0.3, 0.4) is 0 Å². The summed E-state index contributed by atoms with van der Waals surface area (Å²) in [6, 6.07) is 1.76. The lowest BCUT2D eigenvalue weighted by Crippen LogP contribution is -2.29. The van der Waals surface area contributed by atoms with Crippen LogP contribution in [0.25, 0.3) is 0 Å². The molecule has 0 radical (unpaired) electrons. The molecule has 0 saturated heterocycles. The van der Waals surface area contributed by atoms with E-state index in [9.17, 15) is 4.79 Å². The zero-order valence-electron chi connectivity index (χ0n) is 11.9. The summed E-state index contributed by atoms with van der Waals surface area (Å²) in [5.74, 6) is 1.50. The summed E-state index contributed by atoms with van der Waals surface area (Å²) >= 11 is 1.80. The van der Waals surface area contributed by atoms with Gasteiger partial charge in [-0.3, -0.25) is 9.78 Å². The van der Waals surface area contributed by atoms with Crippen LogP contribution in [-0.4, -0.2) is 36.0 Å². The van der Waals surface area contributed by atoms with Gasteiger partial charge in [-0.05, 0) is 30.4 Å². The Bertz CT molecular complexity index is 398. The third-order valence-corrected chi connectivity index (χ3v) is 3.60. The molecule has 4 nitrogen and oxygen atoms in total. The lowest BCUT2D eigenvalue weighted by atomic mass is 10.2. The molecule has 0 aliphatic carbocycles. The monoisotopic (exact) mass is 281 g/mol. The molecule has 1 rings (SSSR count). The van der Waals surface area contributed by atoms with Gasteiger partial charge in [0, 0.05) is 19.3 Å². The van der Waals surface area contributed by atoms with Crippen molar-refractivity contribution in [3.8, 4) is 0 Å². The fourth-order valence-corrected chi connectivity index (χ4v) is 2.39. The maximum Gasteiger partial charge on any atom is 0.253 e. The molecule has 0 aliphatic rings. The van der Waals surface area contributed by atoms with Crippen molar-refractivity contribution >= 4 is 23.4 Å². The maximum atomic E-state index is 12.2. The SMILES string of the molecule is CCCNc1cnccc1C(=O)NCC(C)CSC. The molecule has 0 fully saturated rings. The van der Waals surface area contributed by atoms with E-state index in [-0.39, 0.29) is 5.91 Å². The predicted molar refractivity (Wildman–Crippen MR) is 82.9 cm³/mol. The largest absolute Gasteiger partial charge is 0.383 e. The van der Waals surface area contributed by atoms with E-state index in [2.05, 4.69) is 35.7 Å². The fourth-order valence-electron chi connectivity index (χ4n) is 1.70. The number of pyridine rings is 1. The fraction of sp³-hybridized carbons (Fsp3) is 0.571. The number of thioether (sulfide) groups is 1. The van der Waals surface area contributed by atoms with E-state index in [1.807, 2.05) is 0 Å². The molecule has 0 spiro atoms. The van der Waals surface area contributed by atoms with Gasteiger partial charge in [0.1, 0.15) is 0 Å². The summed E-state index contributed by atoms with van der Waals surface area (Å²) in [7, 11) is 0. The van der Waals surface area contributed by atoms with Gasteiger partial charge >= 0.3 is 0 Å². The summed E-state index contributed by atoms with van der Waals surface area (Å²) in [4.78, 5) is 16.2. The first-order valence-corrected chi connectivity index (χ1v) is 8.03. The number of anilines is 1. The van der Waals surface area contributed by atoms with E-state index in [0.29, 0.717) is 18.0 Å². The van der Waals surface area contributed by atoms with Gasteiger partial charge < -0.3 is 10.6 Å². The smallest absolute Gasteiger partial charge is 0.253 e. The predicted octanol–water partition coefficient (Wildman–Crippen LogP) is 2.63. The Morgan fingerprint density at radius 2 is 2.32 bits per heavy atom. The Morgan fingerprint density at radius 3 is 3.00 bits per heavy atom. The van der Waals surface area contributed by atoms with Crippen LogP contribution in [-0.2, 0) is 0 Å². The molecule has 1 amide bonds. The van der Waals surface area contributed by atoms with Crippen molar-refractivity contribution in [2.45, 2.75) is 20.3 Å². The van der Waals surface area contributed by atoms with E-state index >= 15 is 0 Å². The van der Waals surface area contributed by atoms with E-state index in [1.54, 1.807) is 30.2 Å². The normalized spacial score (nSPS) is 11.9. The highest BCUT2D eigenvalue weighted by Crippen LogP contribution is 2.13. The summed E-state index contributed by atoms with van der Waals surface area (Å²) in [6.45, 7) is 5.77. The quantitative estimate of drug-likeness (QED) is 0.769. The number of carbonyl (C=O) groups is 1. The van der Waals surface area contributed by atoms with Crippen molar-refractivity contribution in [1.82, 2.24) is 10.3 Å². The van der Waals surface area contributed by atoms with Gasteiger partial charge in [-0.25, -0.2) is 0 Å². The van der Waals surface area contributed by atoms with Crippen LogP contribution in [0.5, 0.6) is 0 Å². The van der Waals surface area contributed by atoms with Crippen LogP contribution in [0.1, 0.15) is 30.6 Å². The Kier molecular flexibility index (Phi) is 7.33. The van der Waals surface area contributed by atoms with Crippen molar-refractivity contribution < 1.29 is 4.79 Å². The second kappa shape index (κ2) is 8.80. The van der Waals surface area contributed by atoms with Gasteiger partial charge in [0.05, 0.1) is 17.4 Å². The first-order chi connectivity index (χ1) is 9.19. The number of nitrogens with one attached hydrogen (secondary N) is 2. The Hall–Kier alpha value is -1.23. The van der Waals surface area contributed by atoms with Crippen molar-refractivity contribution in [1.29, 1.82) is 0 Å². The molecule has 0 bridgehead atoms. The van der Waals surface area contributed by atoms with Gasteiger partial charge in [0.25, 0.3) is 5.91 Å². The lowest BCUT2D eigenvalue weighted by Gasteiger charge is -2.13. The zero-order valence-corrected chi connectivity index (χ0v) is 12.7. The highest BCUT2D eigenvalue weighted by molar-refractivity contribution is 7.98. The van der Waals surface area contributed by atoms with E-state index in [0.717, 1.165) is 24.4 Å². The van der Waals surface area contributed by atoms with Gasteiger partial charge in [0.2, 0.25) is 0 Å². The van der Waals surface area contributed by atoms with Gasteiger partial charge in [0.15, 0.2) is 0 Å². The minimum absolute atomic E-state index is 0.0334. The minimum atomic E-state index is -0.0334. The van der Waals surface area contributed by atoms with Crippen LogP contribution >= 0.6 is 11.8 Å². The van der Waals surface area contributed by atoms with E-state index in [1.165, 1.54) is 0 Å². The highest BCUT2D eigenvalue weighted by atomic mass is 32.2. The summed E-state index contributed by atoms with van der Waals surface area (Å²) < 4.78 is 0. The molecule has 1 aromatic heterocycles. The second-order valence-electron chi connectivity index (χ2n) is 4.62. The number of amides is 1. The molecule has 19 heavy (non-hydrogen) atoms. The van der Waals surface area contributed by atoms with Crippen molar-refractivity contribution in [3.63, 3.8) is 0 Å². The third-order valence-electron chi connectivity index (χ3n) is 2.69. The number of hydrogen-bond acceptors (Lipinski definition) is 4. The van der Waals surface area contributed by atoms with Gasteiger partial charge in [-0.2, -0.15) is 11.8 Å². The lowest BCUT2D eigenvalue weighted by molar-refractivity contribution is 0.0950. The number of aromatic nitrogens is 1. The molecule has 1 heterocycles. The first-order valence-electron chi connectivity index (χ1n) is 6.64. The molecule has 0 saturated carbocycles. The Labute approximate surface area is 119 Å². The van der Waals surface area contributed by atoms with Crippen LogP contribution in [0, 0.1) is 5.92 Å². The second-order valence-corrected chi connectivity index (χ2v) is 5.53.